The zero-order valence-electron chi connectivity index (χ0n) is 35.9. The summed E-state index contributed by atoms with van der Waals surface area (Å²) in [4.78, 5) is 2.54. The van der Waals surface area contributed by atoms with Crippen molar-refractivity contribution in [2.24, 2.45) is 0 Å². The Balaban J connectivity index is 1.19. The minimum Gasteiger partial charge on any atom is -0.456 e. The van der Waals surface area contributed by atoms with Crippen molar-refractivity contribution in [3.05, 3.63) is 161 Å². The summed E-state index contributed by atoms with van der Waals surface area (Å²) in [7, 11) is 0. The molecule has 2 heterocycles. The van der Waals surface area contributed by atoms with Gasteiger partial charge in [-0.2, -0.15) is 0 Å². The highest BCUT2D eigenvalue weighted by Gasteiger charge is 2.40. The van der Waals surface area contributed by atoms with E-state index in [0.717, 1.165) is 16.9 Å². The lowest BCUT2D eigenvalue weighted by Crippen LogP contribution is -2.17. The van der Waals surface area contributed by atoms with E-state index in [1.165, 1.54) is 98.0 Å². The first-order chi connectivity index (χ1) is 28.0. The highest BCUT2D eigenvalue weighted by molar-refractivity contribution is 7.25. The number of fused-ring (bicyclic) bond motifs is 12. The van der Waals surface area contributed by atoms with Crippen LogP contribution in [0.15, 0.2) is 132 Å². The van der Waals surface area contributed by atoms with Crippen molar-refractivity contribution in [2.75, 3.05) is 4.90 Å². The predicted octanol–water partition coefficient (Wildman–Crippen LogP) is 16.6. The molecule has 0 N–H and O–H groups in total. The number of anilines is 3. The summed E-state index contributed by atoms with van der Waals surface area (Å²) in [5.41, 5.74) is 18.3. The molecular formula is C56H51NOS. The van der Waals surface area contributed by atoms with Crippen LogP contribution >= 0.6 is 11.3 Å². The molecule has 2 aliphatic carbocycles. The molecular weight excluding hydrogens is 735 g/mol. The molecule has 0 spiro atoms. The second kappa shape index (κ2) is 12.0. The van der Waals surface area contributed by atoms with Gasteiger partial charge in [0.25, 0.3) is 0 Å². The molecule has 2 aliphatic rings. The number of hydrogen-bond acceptors (Lipinski definition) is 3. The molecule has 0 saturated heterocycles. The molecule has 11 rings (SSSR count). The molecule has 0 bridgehead atoms. The molecule has 0 atom stereocenters. The van der Waals surface area contributed by atoms with Crippen LogP contribution in [0.5, 0.6) is 0 Å². The molecule has 9 aromatic rings. The average molecular weight is 786 g/mol. The van der Waals surface area contributed by atoms with E-state index in [0.29, 0.717) is 0 Å². The Morgan fingerprint density at radius 2 is 1.15 bits per heavy atom. The van der Waals surface area contributed by atoms with E-state index in [-0.39, 0.29) is 21.7 Å². The lowest BCUT2D eigenvalue weighted by molar-refractivity contribution is 0.559. The Labute approximate surface area is 352 Å². The summed E-state index contributed by atoms with van der Waals surface area (Å²) in [6.45, 7) is 23.4. The minimum atomic E-state index is -0.236. The van der Waals surface area contributed by atoms with Gasteiger partial charge in [0.05, 0.1) is 5.69 Å². The first-order valence-electron chi connectivity index (χ1n) is 21.2. The molecule has 292 valence electrons. The van der Waals surface area contributed by atoms with Gasteiger partial charge in [0.1, 0.15) is 11.2 Å². The van der Waals surface area contributed by atoms with Gasteiger partial charge in [0.2, 0.25) is 0 Å². The topological polar surface area (TPSA) is 16.4 Å². The van der Waals surface area contributed by atoms with Gasteiger partial charge >= 0.3 is 0 Å². The van der Waals surface area contributed by atoms with Crippen LogP contribution in [0.2, 0.25) is 0 Å². The van der Waals surface area contributed by atoms with Crippen LogP contribution < -0.4 is 4.90 Å². The zero-order valence-corrected chi connectivity index (χ0v) is 36.7. The van der Waals surface area contributed by atoms with Crippen LogP contribution in [0.4, 0.5) is 17.1 Å². The molecule has 0 unspecified atom stereocenters. The van der Waals surface area contributed by atoms with Crippen molar-refractivity contribution >= 4 is 70.5 Å². The number of nitrogens with zero attached hydrogens (tertiary/aromatic N) is 1. The van der Waals surface area contributed by atoms with Gasteiger partial charge in [-0.3, -0.25) is 0 Å². The molecule has 0 radical (unpaired) electrons. The maximum absolute atomic E-state index is 6.96. The first-order valence-corrected chi connectivity index (χ1v) is 22.0. The van der Waals surface area contributed by atoms with Gasteiger partial charge in [-0.1, -0.05) is 142 Å². The van der Waals surface area contributed by atoms with Crippen molar-refractivity contribution in [3.8, 4) is 22.3 Å². The maximum atomic E-state index is 6.96. The first kappa shape index (κ1) is 36.4. The molecule has 3 heteroatoms. The summed E-state index contributed by atoms with van der Waals surface area (Å²) in [6, 6.07) is 48.6. The van der Waals surface area contributed by atoms with Crippen LogP contribution in [-0.4, -0.2) is 0 Å². The third-order valence-corrected chi connectivity index (χ3v) is 14.9. The summed E-state index contributed by atoms with van der Waals surface area (Å²) in [6.07, 6.45) is 0. The average Bonchev–Trinajstić information content (AvgIpc) is 3.88. The lowest BCUT2D eigenvalue weighted by atomic mass is 9.79. The van der Waals surface area contributed by atoms with Gasteiger partial charge in [-0.25, -0.2) is 0 Å². The second-order valence-electron chi connectivity index (χ2n) is 20.2. The Morgan fingerprint density at radius 1 is 0.492 bits per heavy atom. The second-order valence-corrected chi connectivity index (χ2v) is 21.3. The molecule has 0 saturated carbocycles. The number of rotatable bonds is 3. The summed E-state index contributed by atoms with van der Waals surface area (Å²) >= 11 is 1.88. The summed E-state index contributed by atoms with van der Waals surface area (Å²) < 4.78 is 9.57. The van der Waals surface area contributed by atoms with Crippen molar-refractivity contribution in [1.29, 1.82) is 0 Å². The highest BCUT2D eigenvalue weighted by atomic mass is 32.1. The van der Waals surface area contributed by atoms with Crippen LogP contribution in [0, 0.1) is 0 Å². The SMILES string of the molecule is CC(C)(C)c1cc(C(C)(C)C)c2oc3cc4c(cc3c2c1)-c1c(N(c2ccc3c(c2)C(C)(C)c2ccccc2-3)c2ccc3c(c2)sc2ccccc23)cccc1C4(C)C. The van der Waals surface area contributed by atoms with E-state index >= 15 is 0 Å². The fourth-order valence-corrected chi connectivity index (χ4v) is 11.6. The van der Waals surface area contributed by atoms with Gasteiger partial charge in [0, 0.05) is 64.3 Å². The van der Waals surface area contributed by atoms with Gasteiger partial charge in [-0.15, -0.1) is 11.3 Å². The lowest BCUT2D eigenvalue weighted by Gasteiger charge is -2.30. The number of hydrogen-bond donors (Lipinski definition) is 0. The smallest absolute Gasteiger partial charge is 0.139 e. The van der Waals surface area contributed by atoms with E-state index in [9.17, 15) is 0 Å². The van der Waals surface area contributed by atoms with E-state index in [1.807, 2.05) is 11.3 Å². The summed E-state index contributed by atoms with van der Waals surface area (Å²) in [5, 5.41) is 5.02. The van der Waals surface area contributed by atoms with Crippen LogP contribution in [-0.2, 0) is 21.7 Å². The Hall–Kier alpha value is -5.64. The Kier molecular flexibility index (Phi) is 7.40. The van der Waals surface area contributed by atoms with Crippen LogP contribution in [0.25, 0.3) is 64.4 Å². The molecule has 59 heavy (non-hydrogen) atoms. The fourth-order valence-electron chi connectivity index (χ4n) is 10.4. The van der Waals surface area contributed by atoms with E-state index in [2.05, 4.69) is 202 Å². The number of furan rings is 1. The highest BCUT2D eigenvalue weighted by Crippen LogP contribution is 2.57. The maximum Gasteiger partial charge on any atom is 0.139 e. The largest absolute Gasteiger partial charge is 0.456 e. The molecule has 7 aromatic carbocycles. The van der Waals surface area contributed by atoms with E-state index in [1.54, 1.807) is 0 Å². The Morgan fingerprint density at radius 3 is 1.95 bits per heavy atom. The molecule has 0 fully saturated rings. The summed E-state index contributed by atoms with van der Waals surface area (Å²) in [5.74, 6) is 0. The van der Waals surface area contributed by atoms with Crippen molar-refractivity contribution < 1.29 is 4.42 Å². The van der Waals surface area contributed by atoms with Crippen LogP contribution in [0.1, 0.15) is 103 Å². The van der Waals surface area contributed by atoms with E-state index in [4.69, 9.17) is 4.42 Å². The van der Waals surface area contributed by atoms with Crippen LogP contribution in [0.3, 0.4) is 0 Å². The van der Waals surface area contributed by atoms with Crippen molar-refractivity contribution in [3.63, 3.8) is 0 Å². The molecule has 0 amide bonds. The van der Waals surface area contributed by atoms with Gasteiger partial charge in [-0.05, 0) is 110 Å². The number of thiophene rings is 1. The molecule has 0 aliphatic heterocycles. The molecule has 2 nitrogen and oxygen atoms in total. The fraction of sp³-hybridized carbons (Fsp3) is 0.250. The van der Waals surface area contributed by atoms with E-state index < -0.39 is 0 Å². The normalized spacial score (nSPS) is 15.2. The quantitative estimate of drug-likeness (QED) is 0.177. The zero-order chi connectivity index (χ0) is 41.0. The van der Waals surface area contributed by atoms with Gasteiger partial charge in [0.15, 0.2) is 0 Å². The predicted molar refractivity (Wildman–Crippen MR) is 254 cm³/mol. The van der Waals surface area contributed by atoms with Crippen molar-refractivity contribution in [2.45, 2.75) is 90.9 Å². The Bertz CT molecular complexity index is 3240. The monoisotopic (exact) mass is 785 g/mol. The molecule has 2 aromatic heterocycles. The number of benzene rings is 7. The van der Waals surface area contributed by atoms with Crippen molar-refractivity contribution in [1.82, 2.24) is 0 Å². The minimum absolute atomic E-state index is 0.00190. The third-order valence-electron chi connectivity index (χ3n) is 13.7. The van der Waals surface area contributed by atoms with Gasteiger partial charge < -0.3 is 9.32 Å². The third kappa shape index (κ3) is 5.16. The standard InChI is InChI=1S/C56H51NOS/c1-53(2,3)32-26-40-39-30-41-45(31-48(39)58-52(40)46(27-32)54(4,5)6)56(9,10)43-19-15-20-47(51(41)43)57(34-23-25-38-37-17-12-14-21-49(37)59-50(38)29-34)33-22-24-36-35-16-11-13-18-42(35)55(7,8)44(36)28-33/h11-31H,1-10H3.